The summed E-state index contributed by atoms with van der Waals surface area (Å²) in [7, 11) is 0. The summed E-state index contributed by atoms with van der Waals surface area (Å²) >= 11 is 0. The Kier molecular flexibility index (Phi) is 4.56. The molecular formula is C16H18F2N2. The monoisotopic (exact) mass is 276 g/mol. The van der Waals surface area contributed by atoms with Crippen LogP contribution in [0.1, 0.15) is 24.8 Å². The van der Waals surface area contributed by atoms with E-state index < -0.39 is 11.6 Å². The van der Waals surface area contributed by atoms with Crippen LogP contribution in [0.25, 0.3) is 0 Å². The summed E-state index contributed by atoms with van der Waals surface area (Å²) in [4.78, 5) is 0. The van der Waals surface area contributed by atoms with Crippen LogP contribution in [0, 0.1) is 11.6 Å². The van der Waals surface area contributed by atoms with Crippen molar-refractivity contribution in [1.29, 1.82) is 0 Å². The second kappa shape index (κ2) is 6.37. The van der Waals surface area contributed by atoms with Crippen LogP contribution in [0.3, 0.4) is 0 Å². The van der Waals surface area contributed by atoms with Crippen LogP contribution >= 0.6 is 0 Å². The first-order chi connectivity index (χ1) is 9.59. The number of nitrogens with two attached hydrogens (primary N) is 1. The van der Waals surface area contributed by atoms with Crippen molar-refractivity contribution in [2.75, 3.05) is 17.6 Å². The molecule has 0 saturated carbocycles. The highest BCUT2D eigenvalue weighted by Crippen LogP contribution is 2.25. The zero-order valence-electron chi connectivity index (χ0n) is 11.4. The summed E-state index contributed by atoms with van der Waals surface area (Å²) in [6, 6.07) is 12.5. The van der Waals surface area contributed by atoms with Gasteiger partial charge in [-0.25, -0.2) is 8.78 Å². The zero-order chi connectivity index (χ0) is 14.5. The predicted octanol–water partition coefficient (Wildman–Crippen LogP) is 4.15. The van der Waals surface area contributed by atoms with E-state index in [-0.39, 0.29) is 11.4 Å². The highest BCUT2D eigenvalue weighted by molar-refractivity contribution is 5.66. The van der Waals surface area contributed by atoms with Gasteiger partial charge in [-0.1, -0.05) is 37.3 Å². The topological polar surface area (TPSA) is 38.0 Å². The normalized spacial score (nSPS) is 12.2. The maximum absolute atomic E-state index is 13.6. The summed E-state index contributed by atoms with van der Waals surface area (Å²) in [6.45, 7) is 2.63. The molecule has 1 unspecified atom stereocenters. The second-order valence-electron chi connectivity index (χ2n) is 4.85. The number of hydrogen-bond donors (Lipinski definition) is 2. The van der Waals surface area contributed by atoms with Gasteiger partial charge in [0.1, 0.15) is 0 Å². The number of nitrogens with one attached hydrogen (secondary N) is 1. The largest absolute Gasteiger partial charge is 0.397 e. The Labute approximate surface area is 117 Å². The van der Waals surface area contributed by atoms with Gasteiger partial charge in [0, 0.05) is 6.54 Å². The predicted molar refractivity (Wildman–Crippen MR) is 78.7 cm³/mol. The molecule has 4 heteroatoms. The minimum Gasteiger partial charge on any atom is -0.397 e. The minimum atomic E-state index is -0.919. The van der Waals surface area contributed by atoms with Crippen LogP contribution < -0.4 is 11.1 Å². The molecule has 0 fully saturated rings. The lowest BCUT2D eigenvalue weighted by molar-refractivity contribution is 0.511. The first-order valence-electron chi connectivity index (χ1n) is 6.62. The molecule has 2 aromatic carbocycles. The fraction of sp³-hybridized carbons (Fsp3) is 0.250. The third-order valence-electron chi connectivity index (χ3n) is 3.37. The molecular weight excluding hydrogens is 258 g/mol. The lowest BCUT2D eigenvalue weighted by Gasteiger charge is -2.14. The van der Waals surface area contributed by atoms with Crippen LogP contribution in [-0.2, 0) is 0 Å². The van der Waals surface area contributed by atoms with Crippen LogP contribution in [0.2, 0.25) is 0 Å². The van der Waals surface area contributed by atoms with E-state index >= 15 is 0 Å². The molecule has 0 aliphatic rings. The van der Waals surface area contributed by atoms with Gasteiger partial charge in [-0.05, 0) is 30.0 Å². The molecule has 2 rings (SSSR count). The number of nitrogen functional groups attached to an aromatic ring is 1. The van der Waals surface area contributed by atoms with E-state index in [9.17, 15) is 8.78 Å². The molecule has 2 nitrogen and oxygen atoms in total. The molecule has 0 bridgehead atoms. The van der Waals surface area contributed by atoms with Crippen molar-refractivity contribution < 1.29 is 8.78 Å². The van der Waals surface area contributed by atoms with Crippen molar-refractivity contribution in [2.24, 2.45) is 0 Å². The van der Waals surface area contributed by atoms with Crippen molar-refractivity contribution >= 4 is 11.4 Å². The highest BCUT2D eigenvalue weighted by Gasteiger charge is 2.12. The Morgan fingerprint density at radius 1 is 1.10 bits per heavy atom. The van der Waals surface area contributed by atoms with Gasteiger partial charge in [0.15, 0.2) is 11.6 Å². The van der Waals surface area contributed by atoms with Gasteiger partial charge >= 0.3 is 0 Å². The molecule has 3 N–H and O–H groups in total. The minimum absolute atomic E-state index is 0.0465. The Balaban J connectivity index is 1.95. The molecule has 1 atom stereocenters. The fourth-order valence-corrected chi connectivity index (χ4v) is 2.11. The van der Waals surface area contributed by atoms with Crippen molar-refractivity contribution in [1.82, 2.24) is 0 Å². The first kappa shape index (κ1) is 14.3. The summed E-state index contributed by atoms with van der Waals surface area (Å²) in [5, 5.41) is 2.88. The van der Waals surface area contributed by atoms with Gasteiger partial charge < -0.3 is 11.1 Å². The number of benzene rings is 2. The SMILES string of the molecule is CC(CCNc1c(N)ccc(F)c1F)c1ccccc1. The van der Waals surface area contributed by atoms with E-state index in [2.05, 4.69) is 24.4 Å². The summed E-state index contributed by atoms with van der Waals surface area (Å²) in [5.41, 5.74) is 7.14. The maximum atomic E-state index is 13.6. The smallest absolute Gasteiger partial charge is 0.183 e. The Morgan fingerprint density at radius 3 is 2.50 bits per heavy atom. The van der Waals surface area contributed by atoms with Crippen LogP contribution in [0.15, 0.2) is 42.5 Å². The molecule has 0 heterocycles. The molecule has 0 aromatic heterocycles. The zero-order valence-corrected chi connectivity index (χ0v) is 11.4. The number of halogens is 2. The Hall–Kier alpha value is -2.10. The quantitative estimate of drug-likeness (QED) is 0.805. The van der Waals surface area contributed by atoms with E-state index in [0.717, 1.165) is 12.5 Å². The molecule has 0 spiro atoms. The van der Waals surface area contributed by atoms with Crippen LogP contribution in [0.4, 0.5) is 20.2 Å². The van der Waals surface area contributed by atoms with Gasteiger partial charge in [0.25, 0.3) is 0 Å². The molecule has 0 radical (unpaired) electrons. The average molecular weight is 276 g/mol. The lowest BCUT2D eigenvalue weighted by Crippen LogP contribution is -2.10. The van der Waals surface area contributed by atoms with Crippen molar-refractivity contribution in [3.8, 4) is 0 Å². The van der Waals surface area contributed by atoms with Gasteiger partial charge in [-0.15, -0.1) is 0 Å². The lowest BCUT2D eigenvalue weighted by atomic mass is 9.98. The van der Waals surface area contributed by atoms with E-state index in [1.165, 1.54) is 11.6 Å². The molecule has 0 aliphatic carbocycles. The van der Waals surface area contributed by atoms with Gasteiger partial charge in [0.2, 0.25) is 0 Å². The Bertz CT molecular complexity index is 570. The molecule has 20 heavy (non-hydrogen) atoms. The van der Waals surface area contributed by atoms with Crippen LogP contribution in [-0.4, -0.2) is 6.54 Å². The van der Waals surface area contributed by atoms with Gasteiger partial charge in [-0.3, -0.25) is 0 Å². The maximum Gasteiger partial charge on any atom is 0.183 e. The number of anilines is 2. The molecule has 0 aliphatic heterocycles. The van der Waals surface area contributed by atoms with Gasteiger partial charge in [0.05, 0.1) is 11.4 Å². The highest BCUT2D eigenvalue weighted by atomic mass is 19.2. The van der Waals surface area contributed by atoms with Gasteiger partial charge in [-0.2, -0.15) is 0 Å². The van der Waals surface area contributed by atoms with E-state index in [1.807, 2.05) is 18.2 Å². The Morgan fingerprint density at radius 2 is 1.80 bits per heavy atom. The van der Waals surface area contributed by atoms with E-state index in [0.29, 0.717) is 12.5 Å². The van der Waals surface area contributed by atoms with Crippen molar-refractivity contribution in [2.45, 2.75) is 19.3 Å². The third kappa shape index (κ3) is 3.26. The second-order valence-corrected chi connectivity index (χ2v) is 4.85. The van der Waals surface area contributed by atoms with Crippen molar-refractivity contribution in [3.63, 3.8) is 0 Å². The molecule has 106 valence electrons. The average Bonchev–Trinajstić information content (AvgIpc) is 2.47. The van der Waals surface area contributed by atoms with Crippen LogP contribution in [0.5, 0.6) is 0 Å². The third-order valence-corrected chi connectivity index (χ3v) is 3.37. The van der Waals surface area contributed by atoms with Crippen molar-refractivity contribution in [3.05, 3.63) is 59.7 Å². The molecule has 0 amide bonds. The fourth-order valence-electron chi connectivity index (χ4n) is 2.11. The first-order valence-corrected chi connectivity index (χ1v) is 6.62. The number of hydrogen-bond acceptors (Lipinski definition) is 2. The summed E-state index contributed by atoms with van der Waals surface area (Å²) < 4.78 is 26.7. The molecule has 2 aromatic rings. The van der Waals surface area contributed by atoms with E-state index in [4.69, 9.17) is 5.73 Å². The number of rotatable bonds is 5. The summed E-state index contributed by atoms with van der Waals surface area (Å²) in [5.74, 6) is -1.48. The molecule has 0 saturated heterocycles. The standard InChI is InChI=1S/C16H18F2N2/c1-11(12-5-3-2-4-6-12)9-10-20-16-14(19)8-7-13(17)15(16)18/h2-8,11,20H,9-10,19H2,1H3. The van der Waals surface area contributed by atoms with E-state index in [1.54, 1.807) is 0 Å². The summed E-state index contributed by atoms with van der Waals surface area (Å²) in [6.07, 6.45) is 0.805.